The molecule has 0 spiro atoms. The number of anilines is 1. The molecule has 6 nitrogen and oxygen atoms in total. The molecular weight excluding hydrogens is 326 g/mol. The summed E-state index contributed by atoms with van der Waals surface area (Å²) in [6, 6.07) is 16.3. The fourth-order valence-corrected chi connectivity index (χ4v) is 3.48. The summed E-state index contributed by atoms with van der Waals surface area (Å²) < 4.78 is 7.75. The lowest BCUT2D eigenvalue weighted by Crippen LogP contribution is -2.18. The molecule has 2 aromatic heterocycles. The first-order valence-corrected chi connectivity index (χ1v) is 8.98. The van der Waals surface area contributed by atoms with Gasteiger partial charge in [-0.3, -0.25) is 0 Å². The molecule has 1 fully saturated rings. The predicted octanol–water partition coefficient (Wildman–Crippen LogP) is 3.47. The van der Waals surface area contributed by atoms with E-state index in [1.54, 1.807) is 0 Å². The fraction of sp³-hybridized carbons (Fsp3) is 0.350. The minimum atomic E-state index is 0.144. The van der Waals surface area contributed by atoms with E-state index in [-0.39, 0.29) is 6.10 Å². The Labute approximate surface area is 153 Å². The summed E-state index contributed by atoms with van der Waals surface area (Å²) in [6.07, 6.45) is 1.19. The van der Waals surface area contributed by atoms with Gasteiger partial charge >= 0.3 is 0 Å². The third-order valence-electron chi connectivity index (χ3n) is 4.76. The lowest BCUT2D eigenvalue weighted by molar-refractivity contribution is 0.0933. The summed E-state index contributed by atoms with van der Waals surface area (Å²) in [7, 11) is 0. The largest absolute Gasteiger partial charge is 0.373 e. The number of nitrogens with one attached hydrogen (secondary N) is 1. The summed E-state index contributed by atoms with van der Waals surface area (Å²) in [4.78, 5) is 0. The van der Waals surface area contributed by atoms with Crippen molar-refractivity contribution in [2.24, 2.45) is 5.92 Å². The fourth-order valence-electron chi connectivity index (χ4n) is 3.48. The first-order valence-electron chi connectivity index (χ1n) is 8.98. The molecule has 2 unspecified atom stereocenters. The van der Waals surface area contributed by atoms with Gasteiger partial charge in [-0.15, -0.1) is 10.2 Å². The van der Waals surface area contributed by atoms with Crippen molar-refractivity contribution in [2.75, 3.05) is 18.5 Å². The Morgan fingerprint density at radius 3 is 2.65 bits per heavy atom. The minimum absolute atomic E-state index is 0.144. The van der Waals surface area contributed by atoms with Crippen LogP contribution in [0.1, 0.15) is 29.5 Å². The molecule has 26 heavy (non-hydrogen) atoms. The van der Waals surface area contributed by atoms with Gasteiger partial charge in [0.05, 0.1) is 11.8 Å². The van der Waals surface area contributed by atoms with Gasteiger partial charge in [-0.1, -0.05) is 30.3 Å². The molecular formula is C20H23N5O. The highest BCUT2D eigenvalue weighted by atomic mass is 16.5. The zero-order valence-electron chi connectivity index (χ0n) is 15.1. The molecule has 0 bridgehead atoms. The van der Waals surface area contributed by atoms with Crippen molar-refractivity contribution < 1.29 is 4.74 Å². The minimum Gasteiger partial charge on any atom is -0.373 e. The molecule has 1 aromatic carbocycles. The second-order valence-corrected chi connectivity index (χ2v) is 6.75. The number of hydrogen-bond acceptors (Lipinski definition) is 5. The van der Waals surface area contributed by atoms with E-state index in [1.807, 2.05) is 42.8 Å². The number of benzene rings is 1. The molecule has 1 saturated heterocycles. The summed E-state index contributed by atoms with van der Waals surface area (Å²) >= 11 is 0. The number of nitrogens with zero attached hydrogens (tertiary/aromatic N) is 4. The normalized spacial score (nSPS) is 19.6. The Morgan fingerprint density at radius 1 is 1.12 bits per heavy atom. The van der Waals surface area contributed by atoms with Crippen LogP contribution in [0.15, 0.2) is 48.5 Å². The molecule has 0 saturated carbocycles. The molecule has 0 aliphatic carbocycles. The van der Waals surface area contributed by atoms with Gasteiger partial charge in [-0.25, -0.2) is 4.68 Å². The molecule has 1 aliphatic heterocycles. The Morgan fingerprint density at radius 2 is 1.96 bits per heavy atom. The van der Waals surface area contributed by atoms with Crippen LogP contribution in [0.25, 0.3) is 5.82 Å². The van der Waals surface area contributed by atoms with Crippen LogP contribution in [0.3, 0.4) is 0 Å². The maximum atomic E-state index is 5.94. The smallest absolute Gasteiger partial charge is 0.176 e. The van der Waals surface area contributed by atoms with Gasteiger partial charge in [0.1, 0.15) is 5.82 Å². The van der Waals surface area contributed by atoms with Gasteiger partial charge in [-0.05, 0) is 44.0 Å². The summed E-state index contributed by atoms with van der Waals surface area (Å²) in [5, 5.41) is 16.4. The van der Waals surface area contributed by atoms with E-state index >= 15 is 0 Å². The zero-order valence-corrected chi connectivity index (χ0v) is 15.1. The predicted molar refractivity (Wildman–Crippen MR) is 100 cm³/mol. The SMILES string of the molecule is Cc1cc(C)n(-c2ccc(NCC3CCOC3c3ccccc3)nn2)n1. The third kappa shape index (κ3) is 3.46. The second kappa shape index (κ2) is 7.25. The Hall–Kier alpha value is -2.73. The number of aromatic nitrogens is 4. The average Bonchev–Trinajstić information content (AvgIpc) is 3.27. The molecule has 4 rings (SSSR count). The van der Waals surface area contributed by atoms with Crippen molar-refractivity contribution >= 4 is 5.82 Å². The van der Waals surface area contributed by atoms with E-state index in [0.717, 1.165) is 42.6 Å². The quantitative estimate of drug-likeness (QED) is 0.764. The maximum Gasteiger partial charge on any atom is 0.176 e. The van der Waals surface area contributed by atoms with E-state index in [9.17, 15) is 0 Å². The van der Waals surface area contributed by atoms with Crippen LogP contribution in [0.5, 0.6) is 0 Å². The molecule has 1 aliphatic rings. The van der Waals surface area contributed by atoms with Crippen LogP contribution in [-0.2, 0) is 4.74 Å². The number of aryl methyl sites for hydroxylation is 2. The first kappa shape index (κ1) is 16.7. The average molecular weight is 349 g/mol. The van der Waals surface area contributed by atoms with Crippen LogP contribution in [0.4, 0.5) is 5.82 Å². The van der Waals surface area contributed by atoms with Gasteiger partial charge in [0.25, 0.3) is 0 Å². The molecule has 3 aromatic rings. The van der Waals surface area contributed by atoms with Crippen molar-refractivity contribution in [3.8, 4) is 5.82 Å². The van der Waals surface area contributed by atoms with Crippen LogP contribution in [-0.4, -0.2) is 33.1 Å². The van der Waals surface area contributed by atoms with Gasteiger partial charge < -0.3 is 10.1 Å². The molecule has 2 atom stereocenters. The molecule has 0 radical (unpaired) electrons. The lowest BCUT2D eigenvalue weighted by atomic mass is 9.95. The van der Waals surface area contributed by atoms with Crippen LogP contribution >= 0.6 is 0 Å². The van der Waals surface area contributed by atoms with Gasteiger partial charge in [0.15, 0.2) is 5.82 Å². The molecule has 1 N–H and O–H groups in total. The van der Waals surface area contributed by atoms with Crippen molar-refractivity contribution in [1.82, 2.24) is 20.0 Å². The standard InChI is InChI=1S/C20H23N5O/c1-14-12-15(2)25(24-14)19-9-8-18(22-23-19)21-13-17-10-11-26-20(17)16-6-4-3-5-7-16/h3-9,12,17,20H,10-11,13H2,1-2H3,(H,21,22). The van der Waals surface area contributed by atoms with Crippen LogP contribution in [0.2, 0.25) is 0 Å². The molecule has 3 heterocycles. The highest BCUT2D eigenvalue weighted by Crippen LogP contribution is 2.34. The van der Waals surface area contributed by atoms with E-state index in [1.165, 1.54) is 5.56 Å². The van der Waals surface area contributed by atoms with E-state index in [2.05, 4.69) is 44.9 Å². The van der Waals surface area contributed by atoms with Gasteiger partial charge in [-0.2, -0.15) is 5.10 Å². The Balaban J connectivity index is 1.41. The molecule has 6 heteroatoms. The summed E-state index contributed by atoms with van der Waals surface area (Å²) in [6.45, 7) is 5.60. The van der Waals surface area contributed by atoms with Crippen molar-refractivity contribution in [3.05, 3.63) is 65.5 Å². The van der Waals surface area contributed by atoms with Crippen molar-refractivity contribution in [1.29, 1.82) is 0 Å². The monoisotopic (exact) mass is 349 g/mol. The highest BCUT2D eigenvalue weighted by molar-refractivity contribution is 5.37. The van der Waals surface area contributed by atoms with E-state index in [4.69, 9.17) is 4.74 Å². The number of rotatable bonds is 5. The van der Waals surface area contributed by atoms with Gasteiger partial charge in [0, 0.05) is 24.8 Å². The molecule has 0 amide bonds. The van der Waals surface area contributed by atoms with Crippen molar-refractivity contribution in [3.63, 3.8) is 0 Å². The zero-order chi connectivity index (χ0) is 17.9. The number of hydrogen-bond donors (Lipinski definition) is 1. The highest BCUT2D eigenvalue weighted by Gasteiger charge is 2.29. The lowest BCUT2D eigenvalue weighted by Gasteiger charge is -2.19. The third-order valence-corrected chi connectivity index (χ3v) is 4.76. The molecule has 134 valence electrons. The van der Waals surface area contributed by atoms with Crippen LogP contribution < -0.4 is 5.32 Å². The topological polar surface area (TPSA) is 64.9 Å². The van der Waals surface area contributed by atoms with Crippen LogP contribution in [0, 0.1) is 19.8 Å². The van der Waals surface area contributed by atoms with E-state index in [0.29, 0.717) is 5.92 Å². The first-order chi connectivity index (χ1) is 12.7. The van der Waals surface area contributed by atoms with E-state index < -0.39 is 0 Å². The van der Waals surface area contributed by atoms with Gasteiger partial charge in [0.2, 0.25) is 0 Å². The maximum absolute atomic E-state index is 5.94. The van der Waals surface area contributed by atoms with Crippen molar-refractivity contribution in [2.45, 2.75) is 26.4 Å². The Kier molecular flexibility index (Phi) is 4.67. The Bertz CT molecular complexity index is 860. The number of ether oxygens (including phenoxy) is 1. The summed E-state index contributed by atoms with van der Waals surface area (Å²) in [5.41, 5.74) is 3.26. The summed E-state index contributed by atoms with van der Waals surface area (Å²) in [5.74, 6) is 1.93. The second-order valence-electron chi connectivity index (χ2n) is 6.75.